The Bertz CT molecular complexity index is 558. The van der Waals surface area contributed by atoms with Gasteiger partial charge in [-0.25, -0.2) is 0 Å². The third kappa shape index (κ3) is 5.25. The topological polar surface area (TPSA) is 70.2 Å². The molecule has 0 atom stereocenters. The first kappa shape index (κ1) is 16.8. The number of benzene rings is 1. The van der Waals surface area contributed by atoms with E-state index in [0.717, 1.165) is 37.1 Å². The fourth-order valence-corrected chi connectivity index (χ4v) is 3.15. The van der Waals surface area contributed by atoms with Crippen molar-refractivity contribution in [3.8, 4) is 0 Å². The van der Waals surface area contributed by atoms with Gasteiger partial charge in [-0.15, -0.1) is 0 Å². The summed E-state index contributed by atoms with van der Waals surface area (Å²) < 4.78 is 0. The highest BCUT2D eigenvalue weighted by atomic mass is 16.2. The summed E-state index contributed by atoms with van der Waals surface area (Å²) >= 11 is 0. The molecule has 0 heterocycles. The largest absolute Gasteiger partial charge is 0.376 e. The van der Waals surface area contributed by atoms with Crippen LogP contribution in [-0.4, -0.2) is 24.4 Å². The second-order valence-corrected chi connectivity index (χ2v) is 6.95. The van der Waals surface area contributed by atoms with Crippen molar-refractivity contribution in [3.05, 3.63) is 24.3 Å². The average molecular weight is 329 g/mol. The summed E-state index contributed by atoms with van der Waals surface area (Å²) in [6.07, 6.45) is 9.20. The van der Waals surface area contributed by atoms with Crippen LogP contribution in [0.15, 0.2) is 24.3 Å². The van der Waals surface area contributed by atoms with Gasteiger partial charge in [0.2, 0.25) is 11.8 Å². The molecule has 0 spiro atoms. The predicted octanol–water partition coefficient (Wildman–Crippen LogP) is 3.29. The lowest BCUT2D eigenvalue weighted by atomic mass is 10.1. The highest BCUT2D eigenvalue weighted by molar-refractivity contribution is 5.94. The van der Waals surface area contributed by atoms with Gasteiger partial charge in [-0.05, 0) is 49.9 Å². The summed E-state index contributed by atoms with van der Waals surface area (Å²) in [5.41, 5.74) is 1.69. The van der Waals surface area contributed by atoms with Crippen molar-refractivity contribution in [1.29, 1.82) is 0 Å². The number of rotatable bonds is 6. The van der Waals surface area contributed by atoms with Crippen molar-refractivity contribution >= 4 is 23.2 Å². The monoisotopic (exact) mass is 329 g/mol. The van der Waals surface area contributed by atoms with Gasteiger partial charge in [0, 0.05) is 23.3 Å². The number of hydrogen-bond donors (Lipinski definition) is 3. The smallest absolute Gasteiger partial charge is 0.239 e. The minimum atomic E-state index is 0.0491. The predicted molar refractivity (Wildman–Crippen MR) is 95.9 cm³/mol. The summed E-state index contributed by atoms with van der Waals surface area (Å²) in [6.45, 7) is 0.282. The molecular weight excluding hydrogens is 302 g/mol. The van der Waals surface area contributed by atoms with Crippen molar-refractivity contribution in [2.24, 2.45) is 5.92 Å². The first-order valence-electron chi connectivity index (χ1n) is 9.15. The fraction of sp³-hybridized carbons (Fsp3) is 0.579. The van der Waals surface area contributed by atoms with Crippen LogP contribution in [0.25, 0.3) is 0 Å². The van der Waals surface area contributed by atoms with Crippen molar-refractivity contribution in [1.82, 2.24) is 5.32 Å². The van der Waals surface area contributed by atoms with Crippen LogP contribution in [0.5, 0.6) is 0 Å². The molecule has 130 valence electrons. The highest BCUT2D eigenvalue weighted by Crippen LogP contribution is 2.30. The minimum Gasteiger partial charge on any atom is -0.376 e. The molecule has 24 heavy (non-hydrogen) atoms. The Kier molecular flexibility index (Phi) is 5.72. The molecule has 3 N–H and O–H groups in total. The molecular formula is C19H27N3O2. The van der Waals surface area contributed by atoms with Crippen molar-refractivity contribution in [3.63, 3.8) is 0 Å². The lowest BCUT2D eigenvalue weighted by Crippen LogP contribution is -2.38. The van der Waals surface area contributed by atoms with Gasteiger partial charge in [-0.1, -0.05) is 25.7 Å². The summed E-state index contributed by atoms with van der Waals surface area (Å²) in [6, 6.07) is 7.85. The van der Waals surface area contributed by atoms with Crippen LogP contribution in [0.2, 0.25) is 0 Å². The van der Waals surface area contributed by atoms with Crippen molar-refractivity contribution < 1.29 is 9.59 Å². The molecule has 0 aromatic heterocycles. The fourth-order valence-electron chi connectivity index (χ4n) is 3.15. The number of amides is 2. The van der Waals surface area contributed by atoms with E-state index in [-0.39, 0.29) is 24.3 Å². The zero-order valence-corrected chi connectivity index (χ0v) is 14.1. The average Bonchev–Trinajstić information content (AvgIpc) is 3.42. The lowest BCUT2D eigenvalue weighted by molar-refractivity contribution is -0.120. The Morgan fingerprint density at radius 3 is 2.12 bits per heavy atom. The zero-order valence-electron chi connectivity index (χ0n) is 14.1. The summed E-state index contributed by atoms with van der Waals surface area (Å²) in [5.74, 6) is 0.363. The van der Waals surface area contributed by atoms with Crippen LogP contribution in [0.4, 0.5) is 11.4 Å². The van der Waals surface area contributed by atoms with Gasteiger partial charge >= 0.3 is 0 Å². The Balaban J connectivity index is 1.40. The summed E-state index contributed by atoms with van der Waals surface area (Å²) in [7, 11) is 0. The SMILES string of the molecule is O=C(CNc1ccc(NC(=O)C2CC2)cc1)NC1CCCCCC1. The Morgan fingerprint density at radius 1 is 0.875 bits per heavy atom. The maximum Gasteiger partial charge on any atom is 0.239 e. The third-order valence-corrected chi connectivity index (χ3v) is 4.77. The molecule has 0 radical (unpaired) electrons. The normalized spacial score (nSPS) is 18.5. The second kappa shape index (κ2) is 8.18. The molecule has 2 aliphatic carbocycles. The van der Waals surface area contributed by atoms with Crippen LogP contribution in [-0.2, 0) is 9.59 Å². The van der Waals surface area contributed by atoms with Gasteiger partial charge in [0.1, 0.15) is 0 Å². The molecule has 0 bridgehead atoms. The third-order valence-electron chi connectivity index (χ3n) is 4.77. The molecule has 0 saturated heterocycles. The van der Waals surface area contributed by atoms with Crippen LogP contribution in [0, 0.1) is 5.92 Å². The van der Waals surface area contributed by atoms with Gasteiger partial charge in [-0.3, -0.25) is 9.59 Å². The van der Waals surface area contributed by atoms with Crippen molar-refractivity contribution in [2.45, 2.75) is 57.4 Å². The molecule has 2 aliphatic rings. The maximum atomic E-state index is 12.1. The van der Waals surface area contributed by atoms with Crippen LogP contribution in [0.1, 0.15) is 51.4 Å². The van der Waals surface area contributed by atoms with Gasteiger partial charge in [-0.2, -0.15) is 0 Å². The van der Waals surface area contributed by atoms with Crippen LogP contribution < -0.4 is 16.0 Å². The van der Waals surface area contributed by atoms with Gasteiger partial charge in [0.25, 0.3) is 0 Å². The maximum absolute atomic E-state index is 12.1. The molecule has 2 fully saturated rings. The standard InChI is InChI=1S/C19H27N3O2/c23-18(21-16-5-3-1-2-4-6-16)13-20-15-9-11-17(12-10-15)22-19(24)14-7-8-14/h9-12,14,16,20H,1-8,13H2,(H,21,23)(H,22,24). The minimum absolute atomic E-state index is 0.0491. The summed E-state index contributed by atoms with van der Waals surface area (Å²) in [5, 5.41) is 9.18. The number of carbonyl (C=O) groups excluding carboxylic acids is 2. The van der Waals surface area contributed by atoms with E-state index >= 15 is 0 Å². The van der Waals surface area contributed by atoms with E-state index in [1.807, 2.05) is 24.3 Å². The molecule has 3 rings (SSSR count). The second-order valence-electron chi connectivity index (χ2n) is 6.95. The number of nitrogens with one attached hydrogen (secondary N) is 3. The molecule has 0 unspecified atom stereocenters. The van der Waals surface area contributed by atoms with Gasteiger partial charge < -0.3 is 16.0 Å². The van der Waals surface area contributed by atoms with Crippen LogP contribution >= 0.6 is 0 Å². The zero-order chi connectivity index (χ0) is 16.8. The molecule has 5 heteroatoms. The number of carbonyl (C=O) groups is 2. The molecule has 5 nitrogen and oxygen atoms in total. The number of hydrogen-bond acceptors (Lipinski definition) is 3. The van der Waals surface area contributed by atoms with Gasteiger partial charge in [0.15, 0.2) is 0 Å². The molecule has 1 aromatic rings. The lowest BCUT2D eigenvalue weighted by Gasteiger charge is -2.16. The van der Waals surface area contributed by atoms with E-state index in [1.54, 1.807) is 0 Å². The Morgan fingerprint density at radius 2 is 1.50 bits per heavy atom. The van der Waals surface area contributed by atoms with E-state index in [9.17, 15) is 9.59 Å². The molecule has 0 aliphatic heterocycles. The van der Waals surface area contributed by atoms with Crippen molar-refractivity contribution in [2.75, 3.05) is 17.2 Å². The van der Waals surface area contributed by atoms with E-state index in [2.05, 4.69) is 16.0 Å². The van der Waals surface area contributed by atoms with Crippen LogP contribution in [0.3, 0.4) is 0 Å². The molecule has 2 amide bonds. The Labute approximate surface area is 143 Å². The first-order valence-corrected chi connectivity index (χ1v) is 9.15. The Hall–Kier alpha value is -2.04. The van der Waals surface area contributed by atoms with E-state index in [1.165, 1.54) is 25.7 Å². The van der Waals surface area contributed by atoms with E-state index in [0.29, 0.717) is 6.04 Å². The van der Waals surface area contributed by atoms with E-state index in [4.69, 9.17) is 0 Å². The summed E-state index contributed by atoms with van der Waals surface area (Å²) in [4.78, 5) is 23.8. The molecule has 2 saturated carbocycles. The first-order chi connectivity index (χ1) is 11.7. The highest BCUT2D eigenvalue weighted by Gasteiger charge is 2.29. The van der Waals surface area contributed by atoms with E-state index < -0.39 is 0 Å². The quantitative estimate of drug-likeness (QED) is 0.701. The molecule has 1 aromatic carbocycles. The number of anilines is 2. The van der Waals surface area contributed by atoms with Gasteiger partial charge in [0.05, 0.1) is 6.54 Å².